The molecule has 1 N–H and O–H groups in total. The van der Waals surface area contributed by atoms with Crippen molar-refractivity contribution in [2.45, 2.75) is 0 Å². The highest BCUT2D eigenvalue weighted by Crippen LogP contribution is 2.53. The van der Waals surface area contributed by atoms with Gasteiger partial charge in [-0.25, -0.2) is 9.98 Å². The van der Waals surface area contributed by atoms with E-state index in [4.69, 9.17) is 9.98 Å². The second-order valence-electron chi connectivity index (χ2n) is 14.9. The minimum atomic E-state index is 0.956. The Hall–Kier alpha value is -7.62. The molecule has 10 aromatic rings. The smallest absolute Gasteiger partial charge is 0.0817 e. The zero-order chi connectivity index (χ0) is 37.5. The van der Waals surface area contributed by atoms with Gasteiger partial charge in [0, 0.05) is 49.0 Å². The lowest BCUT2D eigenvalue weighted by Gasteiger charge is -2.22. The lowest BCUT2D eigenvalue weighted by atomic mass is 9.81. The standard InChI is InChI=1S/C54H33N3/c1-2-15-33(16-3-1)34-17-4-5-18-35(34)36-19-8-9-24-41(36)50-42(29-31-48-51(50)52-49(55-48)32-30-45-40-23-11-13-28-47(40)57-54(45)52)37-20-6-7-21-38(37)43-25-14-26-44-39-22-10-12-27-46(39)56-53(43)44/h1-32,56H. The molecular weight excluding hydrogens is 691 g/mol. The summed E-state index contributed by atoms with van der Waals surface area (Å²) >= 11 is 0. The molecule has 0 spiro atoms. The summed E-state index contributed by atoms with van der Waals surface area (Å²) in [4.78, 5) is 14.4. The summed E-state index contributed by atoms with van der Waals surface area (Å²) in [5.41, 5.74) is 18.2. The van der Waals surface area contributed by atoms with E-state index in [2.05, 4.69) is 199 Å². The van der Waals surface area contributed by atoms with Crippen LogP contribution in [0.25, 0.3) is 88.6 Å². The van der Waals surface area contributed by atoms with Crippen LogP contribution in [0.5, 0.6) is 0 Å². The average Bonchev–Trinajstić information content (AvgIpc) is 3.98. The largest absolute Gasteiger partial charge is 0.354 e. The first-order valence-electron chi connectivity index (χ1n) is 19.5. The maximum Gasteiger partial charge on any atom is 0.0817 e. The number of para-hydroxylation sites is 3. The number of rotatable bonds is 5. The summed E-state index contributed by atoms with van der Waals surface area (Å²) in [7, 11) is 0. The second-order valence-corrected chi connectivity index (χ2v) is 14.9. The molecule has 3 nitrogen and oxygen atoms in total. The number of benzene rings is 9. The van der Waals surface area contributed by atoms with Gasteiger partial charge in [0.2, 0.25) is 0 Å². The summed E-state index contributed by atoms with van der Waals surface area (Å²) in [5, 5.41) is 6.72. The van der Waals surface area contributed by atoms with Crippen LogP contribution >= 0.6 is 0 Å². The topological polar surface area (TPSA) is 40.5 Å². The number of hydrogen-bond donors (Lipinski definition) is 1. The molecule has 1 aromatic heterocycles. The minimum absolute atomic E-state index is 0.956. The third kappa shape index (κ3) is 4.79. The van der Waals surface area contributed by atoms with E-state index in [0.29, 0.717) is 0 Å². The van der Waals surface area contributed by atoms with E-state index in [0.717, 1.165) is 76.9 Å². The van der Waals surface area contributed by atoms with Crippen LogP contribution in [0.3, 0.4) is 0 Å². The van der Waals surface area contributed by atoms with Crippen molar-refractivity contribution < 1.29 is 0 Å². The van der Waals surface area contributed by atoms with Crippen molar-refractivity contribution in [3.05, 3.63) is 215 Å². The quantitative estimate of drug-likeness (QED) is 0.184. The third-order valence-corrected chi connectivity index (χ3v) is 11.8. The number of aromatic amines is 1. The lowest BCUT2D eigenvalue weighted by molar-refractivity contribution is 1.36. The van der Waals surface area contributed by atoms with Crippen molar-refractivity contribution >= 4 is 33.2 Å². The van der Waals surface area contributed by atoms with Gasteiger partial charge in [-0.1, -0.05) is 164 Å². The predicted molar refractivity (Wildman–Crippen MR) is 234 cm³/mol. The Labute approximate surface area is 328 Å². The molecule has 57 heavy (non-hydrogen) atoms. The van der Waals surface area contributed by atoms with E-state index in [1.807, 2.05) is 0 Å². The van der Waals surface area contributed by atoms with Gasteiger partial charge in [-0.2, -0.15) is 0 Å². The fourth-order valence-corrected chi connectivity index (χ4v) is 9.32. The summed E-state index contributed by atoms with van der Waals surface area (Å²) in [6, 6.07) is 69.9. The molecule has 2 aliphatic rings. The van der Waals surface area contributed by atoms with Gasteiger partial charge < -0.3 is 4.98 Å². The van der Waals surface area contributed by atoms with Gasteiger partial charge in [-0.3, -0.25) is 0 Å². The van der Waals surface area contributed by atoms with Gasteiger partial charge >= 0.3 is 0 Å². The maximum absolute atomic E-state index is 5.32. The van der Waals surface area contributed by atoms with Gasteiger partial charge in [0.15, 0.2) is 0 Å². The van der Waals surface area contributed by atoms with Crippen molar-refractivity contribution in [1.29, 1.82) is 0 Å². The van der Waals surface area contributed by atoms with Gasteiger partial charge in [-0.05, 0) is 74.8 Å². The zero-order valence-electron chi connectivity index (χ0n) is 30.9. The van der Waals surface area contributed by atoms with E-state index < -0.39 is 0 Å². The van der Waals surface area contributed by atoms with Crippen LogP contribution in [0, 0.1) is 10.4 Å². The van der Waals surface area contributed by atoms with E-state index in [9.17, 15) is 0 Å². The number of aromatic nitrogens is 1. The van der Waals surface area contributed by atoms with Crippen LogP contribution in [0.1, 0.15) is 0 Å². The fraction of sp³-hybridized carbons (Fsp3) is 0. The molecule has 0 amide bonds. The third-order valence-electron chi connectivity index (χ3n) is 11.8. The first-order chi connectivity index (χ1) is 28.3. The molecule has 0 aliphatic carbocycles. The molecule has 0 bridgehead atoms. The van der Waals surface area contributed by atoms with E-state index >= 15 is 0 Å². The Balaban J connectivity index is 1.19. The monoisotopic (exact) mass is 723 g/mol. The molecule has 3 heterocycles. The Morgan fingerprint density at radius 1 is 0.316 bits per heavy atom. The number of hydrogen-bond acceptors (Lipinski definition) is 2. The van der Waals surface area contributed by atoms with E-state index in [1.54, 1.807) is 0 Å². The molecular formula is C54H33N3. The summed E-state index contributed by atoms with van der Waals surface area (Å²) < 4.78 is 0. The molecule has 0 atom stereocenters. The van der Waals surface area contributed by atoms with Crippen LogP contribution in [-0.2, 0) is 0 Å². The lowest BCUT2D eigenvalue weighted by Crippen LogP contribution is -2.02. The molecule has 3 heteroatoms. The molecule has 0 saturated carbocycles. The van der Waals surface area contributed by atoms with Gasteiger partial charge in [-0.15, -0.1) is 0 Å². The highest BCUT2D eigenvalue weighted by molar-refractivity contribution is 6.14. The molecule has 9 aromatic carbocycles. The molecule has 12 rings (SSSR count). The van der Waals surface area contributed by atoms with Crippen LogP contribution in [0.15, 0.2) is 204 Å². The first-order valence-corrected chi connectivity index (χ1v) is 19.5. The highest BCUT2D eigenvalue weighted by Gasteiger charge is 2.29. The van der Waals surface area contributed by atoms with Crippen molar-refractivity contribution in [2.75, 3.05) is 0 Å². The van der Waals surface area contributed by atoms with Crippen LogP contribution in [-0.4, -0.2) is 4.98 Å². The normalized spacial score (nSPS) is 12.1. The number of nitrogens with zero attached hydrogens (tertiary/aromatic N) is 2. The van der Waals surface area contributed by atoms with Crippen LogP contribution in [0.4, 0.5) is 11.4 Å². The summed E-state index contributed by atoms with van der Waals surface area (Å²) in [5.74, 6) is 0. The Morgan fingerprint density at radius 3 is 1.75 bits per heavy atom. The number of fused-ring (bicyclic) bond motifs is 9. The second kappa shape index (κ2) is 12.5. The Morgan fingerprint density at radius 2 is 0.930 bits per heavy atom. The number of H-pyrrole nitrogens is 1. The molecule has 2 aliphatic heterocycles. The fourth-order valence-electron chi connectivity index (χ4n) is 9.32. The average molecular weight is 724 g/mol. The molecule has 0 fully saturated rings. The Bertz CT molecular complexity index is 3520. The highest BCUT2D eigenvalue weighted by atomic mass is 14.8. The van der Waals surface area contributed by atoms with Crippen LogP contribution < -0.4 is 10.7 Å². The molecule has 0 radical (unpaired) electrons. The van der Waals surface area contributed by atoms with Crippen molar-refractivity contribution in [3.63, 3.8) is 0 Å². The first kappa shape index (κ1) is 31.7. The molecule has 0 saturated heterocycles. The van der Waals surface area contributed by atoms with Crippen molar-refractivity contribution in [2.24, 2.45) is 9.98 Å². The molecule has 264 valence electrons. The van der Waals surface area contributed by atoms with Crippen molar-refractivity contribution in [1.82, 2.24) is 4.98 Å². The van der Waals surface area contributed by atoms with Gasteiger partial charge in [0.05, 0.1) is 27.6 Å². The summed E-state index contributed by atoms with van der Waals surface area (Å²) in [6.45, 7) is 0. The van der Waals surface area contributed by atoms with Gasteiger partial charge in [0.1, 0.15) is 0 Å². The van der Waals surface area contributed by atoms with E-state index in [1.165, 1.54) is 44.2 Å². The molecule has 0 unspecified atom stereocenters. The minimum Gasteiger partial charge on any atom is -0.354 e. The van der Waals surface area contributed by atoms with E-state index in [-0.39, 0.29) is 0 Å². The SMILES string of the molecule is c1ccc(-c2ccccc2-c2ccccc2-c2c(-c3ccccc3-c3cccc4c3[nH]c3ccccc34)ccc3c2-c2c4c(ccc2=N3)=c2ccccc2=N4)cc1. The Kier molecular flexibility index (Phi) is 6.93. The summed E-state index contributed by atoms with van der Waals surface area (Å²) in [6.07, 6.45) is 0. The zero-order valence-corrected chi connectivity index (χ0v) is 30.9. The van der Waals surface area contributed by atoms with Gasteiger partial charge in [0.25, 0.3) is 0 Å². The van der Waals surface area contributed by atoms with Crippen LogP contribution in [0.2, 0.25) is 0 Å². The number of nitrogens with one attached hydrogen (secondary N) is 1. The maximum atomic E-state index is 5.32. The predicted octanol–water partition coefficient (Wildman–Crippen LogP) is 13.1. The van der Waals surface area contributed by atoms with Crippen molar-refractivity contribution in [3.8, 4) is 66.8 Å².